The number of amides is 6. The first-order valence-electron chi connectivity index (χ1n) is 29.4. The number of rotatable bonds is 22. The number of nitrogens with one attached hydrogen (secondary N) is 6. The molecule has 1 aliphatic heterocycles. The highest BCUT2D eigenvalue weighted by Crippen LogP contribution is 2.40. The zero-order chi connectivity index (χ0) is 60.8. The summed E-state index contributed by atoms with van der Waals surface area (Å²) in [6, 6.07) is 23.1. The monoisotopic (exact) mass is 1170 g/mol. The first-order chi connectivity index (χ1) is 41.1. The first-order valence-corrected chi connectivity index (χ1v) is 29.4. The normalized spacial score (nSPS) is 15.7. The van der Waals surface area contributed by atoms with Gasteiger partial charge in [-0.1, -0.05) is 108 Å². The van der Waals surface area contributed by atoms with Crippen LogP contribution < -0.4 is 50.8 Å². The highest BCUT2D eigenvalue weighted by molar-refractivity contribution is 6.06. The third-order valence-corrected chi connectivity index (χ3v) is 14.4. The zero-order valence-electron chi connectivity index (χ0n) is 48.9. The molecule has 20 heteroatoms. The fraction of sp³-hybridized carbons (Fsp3) is 0.415. The van der Waals surface area contributed by atoms with Crippen molar-refractivity contribution in [3.63, 3.8) is 0 Å². The largest absolute Gasteiger partial charge is 0.493 e. The number of unbranched alkanes of at least 4 members (excludes halogenated alkanes) is 4. The molecule has 20 nitrogen and oxygen atoms in total. The molecule has 6 amide bonds. The van der Waals surface area contributed by atoms with Crippen LogP contribution in [0.1, 0.15) is 163 Å². The Morgan fingerprint density at radius 1 is 0.482 bits per heavy atom. The third kappa shape index (κ3) is 18.3. The number of benzene rings is 5. The number of ether oxygens (including phenoxy) is 4. The van der Waals surface area contributed by atoms with E-state index < -0.39 is 85.4 Å². The van der Waals surface area contributed by atoms with Crippen molar-refractivity contribution in [1.29, 1.82) is 0 Å². The van der Waals surface area contributed by atoms with Crippen LogP contribution >= 0.6 is 0 Å². The smallest absolute Gasteiger partial charge is 0.305 e. The summed E-state index contributed by atoms with van der Waals surface area (Å²) in [4.78, 5) is 105. The first kappa shape index (κ1) is 63.6. The van der Waals surface area contributed by atoms with Crippen molar-refractivity contribution in [1.82, 2.24) is 26.6 Å². The summed E-state index contributed by atoms with van der Waals surface area (Å²) in [7, 11) is 0. The number of carboxylic acids is 2. The van der Waals surface area contributed by atoms with Crippen molar-refractivity contribution in [2.24, 2.45) is 0 Å². The quantitative estimate of drug-likeness (QED) is 0.0302. The van der Waals surface area contributed by atoms with Crippen LogP contribution in [0.4, 0.5) is 5.69 Å². The molecule has 0 spiro atoms. The number of hydrogen-bond acceptors (Lipinski definition) is 12. The topological polar surface area (TPSA) is 286 Å². The molecule has 2 aliphatic rings. The molecule has 2 atom stereocenters. The van der Waals surface area contributed by atoms with Gasteiger partial charge >= 0.3 is 11.9 Å². The molecule has 10 bridgehead atoms. The summed E-state index contributed by atoms with van der Waals surface area (Å²) in [6.07, 6.45) is 6.85. The Balaban J connectivity index is 1.36. The molecular weight excluding hydrogens is 1090 g/mol. The Bertz CT molecular complexity index is 3130. The Morgan fingerprint density at radius 2 is 0.847 bits per heavy atom. The van der Waals surface area contributed by atoms with Crippen LogP contribution in [0.25, 0.3) is 0 Å². The van der Waals surface area contributed by atoms with Crippen LogP contribution in [0.15, 0.2) is 84.9 Å². The van der Waals surface area contributed by atoms with E-state index in [0.29, 0.717) is 69.0 Å². The summed E-state index contributed by atoms with van der Waals surface area (Å²) in [6.45, 7) is 8.51. The molecule has 7 rings (SSSR count). The standard InChI is InChI=1S/C65H78N6O14/c1-5-9-22-82-58-41-16-13-17-42(58)29-44-19-15-21-46(60(44)84-24-11-7-3)31-48-33-50(32-47(61(48)85-25-12-8-4)30-45-20-14-18-43(28-41)59(45)83-23-10-6-2)63(79)69-51-27-40-26-49(34-51)62(78)67-38-54(72)71-53(36-57(76)77)65(81)68-39-55(73)70-52(35-56(74)75)64(80)66-37-40/h13-21,26-27,32-34,52-53H,5-12,22-25,28-31,35-39H2,1-4H3,(H,66,80)(H,67,78)(H,68,81)(H,69,79)(H,70,73)(H,71,72)(H,74,75)(H,76,77)/t52-,53-/m0/s1. The average Bonchev–Trinajstić information content (AvgIpc) is 3.67. The average molecular weight is 1170 g/mol. The van der Waals surface area contributed by atoms with Crippen molar-refractivity contribution in [2.45, 2.75) is 136 Å². The van der Waals surface area contributed by atoms with Gasteiger partial charge in [0, 0.05) is 49.0 Å². The molecule has 1 heterocycles. The number of anilines is 1. The summed E-state index contributed by atoms with van der Waals surface area (Å²) < 4.78 is 27.1. The van der Waals surface area contributed by atoms with Crippen molar-refractivity contribution in [3.05, 3.63) is 146 Å². The lowest BCUT2D eigenvalue weighted by Crippen LogP contribution is -2.53. The maximum Gasteiger partial charge on any atom is 0.305 e. The van der Waals surface area contributed by atoms with E-state index in [1.807, 2.05) is 24.3 Å². The van der Waals surface area contributed by atoms with Crippen molar-refractivity contribution < 1.29 is 67.5 Å². The minimum atomic E-state index is -1.69. The molecule has 5 aromatic carbocycles. The lowest BCUT2D eigenvalue weighted by molar-refractivity contribution is -0.140. The van der Waals surface area contributed by atoms with E-state index in [1.165, 1.54) is 18.2 Å². The van der Waals surface area contributed by atoms with Crippen LogP contribution in [-0.2, 0) is 61.0 Å². The fourth-order valence-electron chi connectivity index (χ4n) is 10.1. The van der Waals surface area contributed by atoms with Gasteiger partial charge in [0.25, 0.3) is 11.8 Å². The Labute approximate surface area is 495 Å². The molecule has 85 heavy (non-hydrogen) atoms. The van der Waals surface area contributed by atoms with Gasteiger partial charge in [0.05, 0.1) is 52.4 Å². The number of carbonyl (C=O) groups is 8. The number of aliphatic carboxylic acids is 2. The summed E-state index contributed by atoms with van der Waals surface area (Å²) in [5, 5.41) is 33.9. The molecule has 0 aromatic heterocycles. The molecule has 0 saturated carbocycles. The highest BCUT2D eigenvalue weighted by atomic mass is 16.5. The van der Waals surface area contributed by atoms with E-state index in [2.05, 4.69) is 89.9 Å². The molecular formula is C65H78N6O14. The Kier molecular flexibility index (Phi) is 23.7. The van der Waals surface area contributed by atoms with E-state index in [1.54, 1.807) is 12.1 Å². The van der Waals surface area contributed by atoms with Gasteiger partial charge in [-0.25, -0.2) is 0 Å². The van der Waals surface area contributed by atoms with Crippen LogP contribution in [0, 0.1) is 0 Å². The van der Waals surface area contributed by atoms with Gasteiger partial charge in [-0.2, -0.15) is 0 Å². The van der Waals surface area contributed by atoms with Gasteiger partial charge in [-0.3, -0.25) is 38.4 Å². The van der Waals surface area contributed by atoms with Crippen LogP contribution in [0.2, 0.25) is 0 Å². The van der Waals surface area contributed by atoms with Crippen LogP contribution in [0.5, 0.6) is 23.0 Å². The predicted molar refractivity (Wildman–Crippen MR) is 319 cm³/mol. The molecule has 8 N–H and O–H groups in total. The predicted octanol–water partition coefficient (Wildman–Crippen LogP) is 7.73. The SMILES string of the molecule is CCCCOc1c2cccc1Cc1cccc(c1OCCCC)Cc1cc(C(=O)Nc3cc4cc(c3)C(=O)NCC(=O)N[C@@H](CC(=O)O)C(=O)NCC(=O)N[C@@H](CC(=O)O)C(=O)NC4)cc(c1OCCCC)Cc1cccc(c1OCCCC)C2. The van der Waals surface area contributed by atoms with E-state index in [0.717, 1.165) is 102 Å². The number of fused-ring (bicyclic) bond motifs is 10. The van der Waals surface area contributed by atoms with Crippen LogP contribution in [-0.4, -0.2) is 109 Å². The molecule has 1 aliphatic carbocycles. The van der Waals surface area contributed by atoms with Gasteiger partial charge in [-0.15, -0.1) is 0 Å². The summed E-state index contributed by atoms with van der Waals surface area (Å²) >= 11 is 0. The zero-order valence-corrected chi connectivity index (χ0v) is 48.9. The number of hydrogen-bond donors (Lipinski definition) is 8. The molecule has 0 fully saturated rings. The maximum atomic E-state index is 15.1. The minimum Gasteiger partial charge on any atom is -0.493 e. The third-order valence-electron chi connectivity index (χ3n) is 14.4. The lowest BCUT2D eigenvalue weighted by atomic mass is 9.90. The van der Waals surface area contributed by atoms with Crippen molar-refractivity contribution in [3.8, 4) is 23.0 Å². The second-order valence-corrected chi connectivity index (χ2v) is 21.3. The fourth-order valence-corrected chi connectivity index (χ4v) is 10.1. The highest BCUT2D eigenvalue weighted by Gasteiger charge is 2.29. The molecule has 452 valence electrons. The van der Waals surface area contributed by atoms with Gasteiger partial charge in [0.15, 0.2) is 0 Å². The molecule has 0 unspecified atom stereocenters. The minimum absolute atomic E-state index is 0.0860. The number of carbonyl (C=O) groups excluding carboxylic acids is 6. The molecule has 0 radical (unpaired) electrons. The summed E-state index contributed by atoms with van der Waals surface area (Å²) in [5.41, 5.74) is 7.64. The molecule has 0 saturated heterocycles. The second-order valence-electron chi connectivity index (χ2n) is 21.3. The van der Waals surface area contributed by atoms with E-state index in [-0.39, 0.29) is 28.9 Å². The number of para-hydroxylation sites is 3. The van der Waals surface area contributed by atoms with E-state index in [9.17, 15) is 43.8 Å². The maximum absolute atomic E-state index is 15.1. The second kappa shape index (κ2) is 31.6. The Hall–Kier alpha value is -8.94. The lowest BCUT2D eigenvalue weighted by Gasteiger charge is -2.23. The van der Waals surface area contributed by atoms with Gasteiger partial charge < -0.3 is 61.1 Å². The van der Waals surface area contributed by atoms with E-state index >= 15 is 4.79 Å². The van der Waals surface area contributed by atoms with Crippen molar-refractivity contribution in [2.75, 3.05) is 44.8 Å². The van der Waals surface area contributed by atoms with E-state index in [4.69, 9.17) is 18.9 Å². The summed E-state index contributed by atoms with van der Waals surface area (Å²) in [5.74, 6) is -5.30. The Morgan fingerprint density at radius 3 is 1.24 bits per heavy atom. The van der Waals surface area contributed by atoms with Crippen LogP contribution in [0.3, 0.4) is 0 Å². The van der Waals surface area contributed by atoms with Crippen molar-refractivity contribution >= 4 is 53.1 Å². The number of carboxylic acid groups (broad SMARTS) is 2. The van der Waals surface area contributed by atoms with Gasteiger partial charge in [-0.05, 0) is 106 Å². The van der Waals surface area contributed by atoms with Gasteiger partial charge in [0.1, 0.15) is 35.1 Å². The van der Waals surface area contributed by atoms with Gasteiger partial charge in [0.2, 0.25) is 23.6 Å². The molecule has 5 aromatic rings.